The molecular weight excluding hydrogens is 198 g/mol. The molecule has 0 saturated carbocycles. The molecule has 2 atom stereocenters. The minimum absolute atomic E-state index is 0.0796. The first-order chi connectivity index (χ1) is 7.64. The lowest BCUT2D eigenvalue weighted by atomic mass is 9.89. The van der Waals surface area contributed by atoms with Crippen molar-refractivity contribution < 1.29 is 4.74 Å². The van der Waals surface area contributed by atoms with E-state index in [1.54, 1.807) is 7.11 Å². The molecule has 0 heterocycles. The van der Waals surface area contributed by atoms with E-state index in [0.717, 1.165) is 38.6 Å². The number of methoxy groups -OCH3 is 1. The summed E-state index contributed by atoms with van der Waals surface area (Å²) in [6.07, 6.45) is 10.5. The van der Waals surface area contributed by atoms with Gasteiger partial charge in [-0.2, -0.15) is 0 Å². The second kappa shape index (κ2) is 8.61. The summed E-state index contributed by atoms with van der Waals surface area (Å²) in [4.78, 5) is 0. The normalized spacial score (nSPS) is 16.4. The summed E-state index contributed by atoms with van der Waals surface area (Å²) in [5.41, 5.74) is -0.0796. The summed E-state index contributed by atoms with van der Waals surface area (Å²) in [6, 6.07) is 0.399. The molecule has 94 valence electrons. The minimum Gasteiger partial charge on any atom is -0.377 e. The first-order valence-corrected chi connectivity index (χ1v) is 6.36. The molecule has 0 rings (SSSR count). The molecule has 0 fully saturated rings. The largest absolute Gasteiger partial charge is 0.377 e. The van der Waals surface area contributed by atoms with Gasteiger partial charge < -0.3 is 10.1 Å². The van der Waals surface area contributed by atoms with Crippen LogP contribution in [0, 0.1) is 12.3 Å². The Bertz CT molecular complexity index is 203. The van der Waals surface area contributed by atoms with Gasteiger partial charge in [0.25, 0.3) is 0 Å². The Morgan fingerprint density at radius 2 is 2.12 bits per heavy atom. The number of hydrogen-bond donors (Lipinski definition) is 1. The van der Waals surface area contributed by atoms with Crippen molar-refractivity contribution in [1.29, 1.82) is 0 Å². The maximum absolute atomic E-state index is 5.66. The Hall–Kier alpha value is -0.520. The summed E-state index contributed by atoms with van der Waals surface area (Å²) in [7, 11) is 1.80. The fraction of sp³-hybridized carbons (Fsp3) is 0.857. The van der Waals surface area contributed by atoms with E-state index in [1.165, 1.54) is 0 Å². The molecule has 2 unspecified atom stereocenters. The van der Waals surface area contributed by atoms with Gasteiger partial charge in [0.15, 0.2) is 0 Å². The first kappa shape index (κ1) is 15.5. The molecule has 0 saturated heterocycles. The summed E-state index contributed by atoms with van der Waals surface area (Å²) in [5, 5.41) is 3.58. The lowest BCUT2D eigenvalue weighted by Crippen LogP contribution is -2.50. The standard InChI is InChI=1S/C14H27NO/c1-6-9-10-11-13(15-12-7-2)14(4,8-3)16-5/h1,13,15H,7-12H2,2-5H3. The Labute approximate surface area is 101 Å². The number of ether oxygens (including phenoxy) is 1. The summed E-state index contributed by atoms with van der Waals surface area (Å²) < 4.78 is 5.66. The maximum Gasteiger partial charge on any atom is 0.0800 e. The molecule has 1 N–H and O–H groups in total. The lowest BCUT2D eigenvalue weighted by molar-refractivity contribution is -0.0313. The molecule has 0 aromatic heterocycles. The molecule has 0 bridgehead atoms. The van der Waals surface area contributed by atoms with Gasteiger partial charge in [-0.1, -0.05) is 13.8 Å². The van der Waals surface area contributed by atoms with Crippen LogP contribution in [0.15, 0.2) is 0 Å². The van der Waals surface area contributed by atoms with Crippen molar-refractivity contribution in [2.45, 2.75) is 64.5 Å². The van der Waals surface area contributed by atoms with Crippen LogP contribution in [-0.4, -0.2) is 25.3 Å². The predicted molar refractivity (Wildman–Crippen MR) is 70.5 cm³/mol. The number of unbranched alkanes of at least 4 members (excludes halogenated alkanes) is 1. The molecule has 2 heteroatoms. The smallest absolute Gasteiger partial charge is 0.0800 e. The van der Waals surface area contributed by atoms with Crippen LogP contribution in [0.5, 0.6) is 0 Å². The van der Waals surface area contributed by atoms with Crippen molar-refractivity contribution in [3.8, 4) is 12.3 Å². The van der Waals surface area contributed by atoms with Gasteiger partial charge in [-0.05, 0) is 39.2 Å². The van der Waals surface area contributed by atoms with Crippen LogP contribution >= 0.6 is 0 Å². The Morgan fingerprint density at radius 3 is 2.56 bits per heavy atom. The number of nitrogens with one attached hydrogen (secondary N) is 1. The lowest BCUT2D eigenvalue weighted by Gasteiger charge is -2.36. The van der Waals surface area contributed by atoms with Crippen LogP contribution in [0.1, 0.15) is 52.9 Å². The van der Waals surface area contributed by atoms with E-state index in [-0.39, 0.29) is 5.60 Å². The van der Waals surface area contributed by atoms with Crippen LogP contribution in [0.4, 0.5) is 0 Å². The topological polar surface area (TPSA) is 21.3 Å². The minimum atomic E-state index is -0.0796. The predicted octanol–water partition coefficient (Wildman–Crippen LogP) is 2.97. The van der Waals surface area contributed by atoms with Crippen molar-refractivity contribution >= 4 is 0 Å². The monoisotopic (exact) mass is 225 g/mol. The second-order valence-electron chi connectivity index (χ2n) is 4.47. The molecule has 0 aromatic rings. The molecular formula is C14H27NO. The quantitative estimate of drug-likeness (QED) is 0.481. The fourth-order valence-corrected chi connectivity index (χ4v) is 1.88. The van der Waals surface area contributed by atoms with Crippen LogP contribution < -0.4 is 5.32 Å². The zero-order valence-electron chi connectivity index (χ0n) is 11.3. The van der Waals surface area contributed by atoms with Crippen LogP contribution in [0.3, 0.4) is 0 Å². The van der Waals surface area contributed by atoms with E-state index in [9.17, 15) is 0 Å². The number of rotatable bonds is 9. The van der Waals surface area contributed by atoms with E-state index in [4.69, 9.17) is 11.2 Å². The molecule has 0 amide bonds. The molecule has 16 heavy (non-hydrogen) atoms. The van der Waals surface area contributed by atoms with Gasteiger partial charge in [-0.15, -0.1) is 12.3 Å². The molecule has 0 radical (unpaired) electrons. The van der Waals surface area contributed by atoms with Crippen molar-refractivity contribution in [2.24, 2.45) is 0 Å². The van der Waals surface area contributed by atoms with Crippen molar-refractivity contribution in [1.82, 2.24) is 5.32 Å². The highest BCUT2D eigenvalue weighted by Crippen LogP contribution is 2.23. The third-order valence-corrected chi connectivity index (χ3v) is 3.36. The molecule has 0 aliphatic rings. The van der Waals surface area contributed by atoms with Crippen LogP contribution in [-0.2, 0) is 4.74 Å². The summed E-state index contributed by atoms with van der Waals surface area (Å²) in [6.45, 7) is 7.57. The Kier molecular flexibility index (Phi) is 8.33. The second-order valence-corrected chi connectivity index (χ2v) is 4.47. The Morgan fingerprint density at radius 1 is 1.44 bits per heavy atom. The highest BCUT2D eigenvalue weighted by Gasteiger charge is 2.31. The van der Waals surface area contributed by atoms with Gasteiger partial charge in [0.2, 0.25) is 0 Å². The van der Waals surface area contributed by atoms with Crippen LogP contribution in [0.2, 0.25) is 0 Å². The Balaban J connectivity index is 4.33. The third-order valence-electron chi connectivity index (χ3n) is 3.36. The van der Waals surface area contributed by atoms with E-state index >= 15 is 0 Å². The molecule has 0 aromatic carbocycles. The van der Waals surface area contributed by atoms with E-state index in [2.05, 4.69) is 32.0 Å². The average molecular weight is 225 g/mol. The first-order valence-electron chi connectivity index (χ1n) is 6.36. The number of terminal acetylenes is 1. The van der Waals surface area contributed by atoms with Gasteiger partial charge >= 0.3 is 0 Å². The fourth-order valence-electron chi connectivity index (χ4n) is 1.88. The average Bonchev–Trinajstić information content (AvgIpc) is 2.32. The van der Waals surface area contributed by atoms with Crippen molar-refractivity contribution in [3.05, 3.63) is 0 Å². The molecule has 2 nitrogen and oxygen atoms in total. The van der Waals surface area contributed by atoms with Gasteiger partial charge in [0, 0.05) is 19.6 Å². The van der Waals surface area contributed by atoms with Gasteiger partial charge in [-0.3, -0.25) is 0 Å². The zero-order valence-corrected chi connectivity index (χ0v) is 11.3. The highest BCUT2D eigenvalue weighted by molar-refractivity contribution is 4.90. The zero-order chi connectivity index (χ0) is 12.4. The van der Waals surface area contributed by atoms with Gasteiger partial charge in [-0.25, -0.2) is 0 Å². The number of hydrogen-bond acceptors (Lipinski definition) is 2. The molecule has 0 spiro atoms. The van der Waals surface area contributed by atoms with Crippen molar-refractivity contribution in [3.63, 3.8) is 0 Å². The van der Waals surface area contributed by atoms with E-state index < -0.39 is 0 Å². The van der Waals surface area contributed by atoms with Crippen LogP contribution in [0.25, 0.3) is 0 Å². The van der Waals surface area contributed by atoms with E-state index in [1.807, 2.05) is 0 Å². The highest BCUT2D eigenvalue weighted by atomic mass is 16.5. The van der Waals surface area contributed by atoms with Gasteiger partial charge in [0.1, 0.15) is 0 Å². The SMILES string of the molecule is C#CCCCC(NCCC)C(C)(CC)OC. The summed E-state index contributed by atoms with van der Waals surface area (Å²) >= 11 is 0. The molecule has 0 aliphatic carbocycles. The third kappa shape index (κ3) is 5.01. The maximum atomic E-state index is 5.66. The summed E-state index contributed by atoms with van der Waals surface area (Å²) in [5.74, 6) is 2.70. The van der Waals surface area contributed by atoms with Gasteiger partial charge in [0.05, 0.1) is 5.60 Å². The molecule has 0 aliphatic heterocycles. The van der Waals surface area contributed by atoms with E-state index in [0.29, 0.717) is 6.04 Å². The van der Waals surface area contributed by atoms with Crippen molar-refractivity contribution in [2.75, 3.05) is 13.7 Å².